The van der Waals surface area contributed by atoms with Gasteiger partial charge in [-0.05, 0) is 46.6 Å². The predicted octanol–water partition coefficient (Wildman–Crippen LogP) is 3.41. The summed E-state index contributed by atoms with van der Waals surface area (Å²) in [7, 11) is 0. The molecule has 0 aliphatic rings. The van der Waals surface area contributed by atoms with Gasteiger partial charge in [0.25, 0.3) is 0 Å². The highest BCUT2D eigenvalue weighted by atomic mass is 79.9. The van der Waals surface area contributed by atoms with Crippen LogP contribution in [0, 0.1) is 0 Å². The summed E-state index contributed by atoms with van der Waals surface area (Å²) < 4.78 is 0.840. The number of halogens is 1. The van der Waals surface area contributed by atoms with Crippen LogP contribution in [0.5, 0.6) is 0 Å². The summed E-state index contributed by atoms with van der Waals surface area (Å²) in [6.45, 7) is 2.10. The molecule has 0 amide bonds. The fourth-order valence-electron chi connectivity index (χ4n) is 1.43. The van der Waals surface area contributed by atoms with E-state index in [9.17, 15) is 0 Å². The number of nitrogens with one attached hydrogen (secondary N) is 1. The van der Waals surface area contributed by atoms with Crippen LogP contribution < -0.4 is 5.32 Å². The first-order valence-corrected chi connectivity index (χ1v) is 5.83. The Morgan fingerprint density at radius 1 is 1.25 bits per heavy atom. The lowest BCUT2D eigenvalue weighted by Gasteiger charge is -2.14. The third-order valence-electron chi connectivity index (χ3n) is 2.29. The second-order valence-corrected chi connectivity index (χ2v) is 4.33. The van der Waals surface area contributed by atoms with Crippen molar-refractivity contribution in [1.82, 2.24) is 9.97 Å². The Morgan fingerprint density at radius 2 is 2.12 bits per heavy atom. The fraction of sp³-hybridized carbons (Fsp3) is 0.167. The topological polar surface area (TPSA) is 37.8 Å². The number of hydrogen-bond donors (Lipinski definition) is 1. The van der Waals surface area contributed by atoms with E-state index in [1.54, 1.807) is 12.4 Å². The predicted molar refractivity (Wildman–Crippen MR) is 68.2 cm³/mol. The average molecular weight is 278 g/mol. The molecule has 0 saturated heterocycles. The maximum Gasteiger partial charge on any atom is 0.106 e. The fourth-order valence-corrected chi connectivity index (χ4v) is 1.66. The minimum atomic E-state index is 0.219. The number of hydrogen-bond acceptors (Lipinski definition) is 3. The van der Waals surface area contributed by atoms with Crippen molar-refractivity contribution in [1.29, 1.82) is 0 Å². The standard InChI is InChI=1S/C12H12BrN3/c1-9(10-3-2-6-14-7-10)16-11-4-5-12(13)15-8-11/h2-9,16H,1H3. The molecular formula is C12H12BrN3. The third kappa shape index (κ3) is 2.79. The van der Waals surface area contributed by atoms with Crippen LogP contribution >= 0.6 is 15.9 Å². The lowest BCUT2D eigenvalue weighted by atomic mass is 10.1. The molecule has 2 aromatic rings. The first kappa shape index (κ1) is 11.1. The van der Waals surface area contributed by atoms with Crippen molar-refractivity contribution in [2.24, 2.45) is 0 Å². The van der Waals surface area contributed by atoms with Crippen molar-refractivity contribution in [2.75, 3.05) is 5.32 Å². The van der Waals surface area contributed by atoms with Crippen molar-refractivity contribution in [3.63, 3.8) is 0 Å². The Labute approximate surface area is 103 Å². The van der Waals surface area contributed by atoms with E-state index >= 15 is 0 Å². The molecule has 0 aromatic carbocycles. The first-order valence-electron chi connectivity index (χ1n) is 5.04. The second kappa shape index (κ2) is 5.07. The normalized spacial score (nSPS) is 12.1. The molecule has 4 heteroatoms. The molecule has 0 spiro atoms. The molecule has 0 saturated carbocycles. The Kier molecular flexibility index (Phi) is 3.51. The molecule has 1 atom stereocenters. The summed E-state index contributed by atoms with van der Waals surface area (Å²) in [6.07, 6.45) is 5.44. The summed E-state index contributed by atoms with van der Waals surface area (Å²) in [4.78, 5) is 8.26. The molecule has 0 aliphatic carbocycles. The molecule has 82 valence electrons. The van der Waals surface area contributed by atoms with E-state index in [1.807, 2.05) is 24.4 Å². The summed E-state index contributed by atoms with van der Waals surface area (Å²) in [5, 5.41) is 3.36. The van der Waals surface area contributed by atoms with Gasteiger partial charge in [0, 0.05) is 12.4 Å². The number of pyridine rings is 2. The zero-order valence-electron chi connectivity index (χ0n) is 8.89. The number of anilines is 1. The number of rotatable bonds is 3. The first-order chi connectivity index (χ1) is 7.75. The smallest absolute Gasteiger partial charge is 0.106 e. The Balaban J connectivity index is 2.08. The van der Waals surface area contributed by atoms with Crippen LogP contribution in [0.3, 0.4) is 0 Å². The molecule has 0 aliphatic heterocycles. The monoisotopic (exact) mass is 277 g/mol. The number of aromatic nitrogens is 2. The van der Waals surface area contributed by atoms with Crippen LogP contribution in [0.1, 0.15) is 18.5 Å². The Hall–Kier alpha value is -1.42. The minimum Gasteiger partial charge on any atom is -0.377 e. The lowest BCUT2D eigenvalue weighted by molar-refractivity contribution is 0.873. The van der Waals surface area contributed by atoms with Crippen LogP contribution in [0.4, 0.5) is 5.69 Å². The van der Waals surface area contributed by atoms with Crippen LogP contribution in [0.25, 0.3) is 0 Å². The van der Waals surface area contributed by atoms with Crippen LogP contribution in [0.2, 0.25) is 0 Å². The van der Waals surface area contributed by atoms with Gasteiger partial charge in [0.1, 0.15) is 4.60 Å². The highest BCUT2D eigenvalue weighted by molar-refractivity contribution is 9.10. The minimum absolute atomic E-state index is 0.219. The highest BCUT2D eigenvalue weighted by Gasteiger charge is 2.04. The molecule has 0 bridgehead atoms. The van der Waals surface area contributed by atoms with Gasteiger partial charge in [-0.2, -0.15) is 0 Å². The third-order valence-corrected chi connectivity index (χ3v) is 2.76. The zero-order valence-corrected chi connectivity index (χ0v) is 10.5. The van der Waals surface area contributed by atoms with E-state index in [0.717, 1.165) is 15.9 Å². The molecule has 0 fully saturated rings. The van der Waals surface area contributed by atoms with E-state index in [2.05, 4.69) is 44.2 Å². The molecule has 1 N–H and O–H groups in total. The molecular weight excluding hydrogens is 266 g/mol. The Bertz CT molecular complexity index is 442. The van der Waals surface area contributed by atoms with Gasteiger partial charge < -0.3 is 5.32 Å². The average Bonchev–Trinajstić information content (AvgIpc) is 2.33. The van der Waals surface area contributed by atoms with Crippen molar-refractivity contribution in [3.8, 4) is 0 Å². The van der Waals surface area contributed by atoms with E-state index in [1.165, 1.54) is 0 Å². The Morgan fingerprint density at radius 3 is 2.75 bits per heavy atom. The lowest BCUT2D eigenvalue weighted by Crippen LogP contribution is -2.06. The van der Waals surface area contributed by atoms with Gasteiger partial charge in [0.15, 0.2) is 0 Å². The van der Waals surface area contributed by atoms with Crippen LogP contribution in [-0.2, 0) is 0 Å². The molecule has 2 heterocycles. The SMILES string of the molecule is CC(Nc1ccc(Br)nc1)c1cccnc1. The number of nitrogens with zero attached hydrogens (tertiary/aromatic N) is 2. The van der Waals surface area contributed by atoms with E-state index in [0.29, 0.717) is 0 Å². The van der Waals surface area contributed by atoms with E-state index in [-0.39, 0.29) is 6.04 Å². The zero-order chi connectivity index (χ0) is 11.4. The molecule has 3 nitrogen and oxygen atoms in total. The molecule has 16 heavy (non-hydrogen) atoms. The molecule has 2 aromatic heterocycles. The van der Waals surface area contributed by atoms with Crippen molar-refractivity contribution >= 4 is 21.6 Å². The molecule has 0 radical (unpaired) electrons. The van der Waals surface area contributed by atoms with Crippen molar-refractivity contribution < 1.29 is 0 Å². The van der Waals surface area contributed by atoms with Gasteiger partial charge in [-0.3, -0.25) is 4.98 Å². The molecule has 2 rings (SSSR count). The maximum atomic E-state index is 4.16. The van der Waals surface area contributed by atoms with Gasteiger partial charge in [0.05, 0.1) is 17.9 Å². The van der Waals surface area contributed by atoms with E-state index in [4.69, 9.17) is 0 Å². The quantitative estimate of drug-likeness (QED) is 0.874. The van der Waals surface area contributed by atoms with Gasteiger partial charge in [-0.25, -0.2) is 4.98 Å². The summed E-state index contributed by atoms with van der Waals surface area (Å²) in [5.74, 6) is 0. The van der Waals surface area contributed by atoms with Gasteiger partial charge in [-0.1, -0.05) is 6.07 Å². The van der Waals surface area contributed by atoms with Gasteiger partial charge in [0.2, 0.25) is 0 Å². The summed E-state index contributed by atoms with van der Waals surface area (Å²) in [6, 6.07) is 8.11. The van der Waals surface area contributed by atoms with Crippen LogP contribution in [0.15, 0.2) is 47.5 Å². The maximum absolute atomic E-state index is 4.16. The van der Waals surface area contributed by atoms with Gasteiger partial charge in [-0.15, -0.1) is 0 Å². The largest absolute Gasteiger partial charge is 0.377 e. The van der Waals surface area contributed by atoms with Crippen molar-refractivity contribution in [2.45, 2.75) is 13.0 Å². The van der Waals surface area contributed by atoms with E-state index < -0.39 is 0 Å². The highest BCUT2D eigenvalue weighted by Crippen LogP contribution is 2.18. The summed E-state index contributed by atoms with van der Waals surface area (Å²) >= 11 is 3.31. The molecule has 1 unspecified atom stereocenters. The summed E-state index contributed by atoms with van der Waals surface area (Å²) in [5.41, 5.74) is 2.16. The second-order valence-electron chi connectivity index (χ2n) is 3.52. The van der Waals surface area contributed by atoms with Crippen LogP contribution in [-0.4, -0.2) is 9.97 Å². The van der Waals surface area contributed by atoms with Crippen molar-refractivity contribution in [3.05, 3.63) is 53.0 Å². The van der Waals surface area contributed by atoms with Gasteiger partial charge >= 0.3 is 0 Å².